The Morgan fingerprint density at radius 1 is 1.12 bits per heavy atom. The van der Waals surface area contributed by atoms with Crippen LogP contribution in [0, 0.1) is 0 Å². The summed E-state index contributed by atoms with van der Waals surface area (Å²) in [5, 5.41) is 11.9. The third kappa shape index (κ3) is 4.44. The Labute approximate surface area is 143 Å². The number of pyridine rings is 1. The topological polar surface area (TPSA) is 114 Å². The highest BCUT2D eigenvalue weighted by Gasteiger charge is 2.10. The van der Waals surface area contributed by atoms with Crippen molar-refractivity contribution in [3.8, 4) is 5.82 Å². The van der Waals surface area contributed by atoms with Gasteiger partial charge < -0.3 is 20.4 Å². The van der Waals surface area contributed by atoms with Gasteiger partial charge in [0.15, 0.2) is 5.82 Å². The zero-order chi connectivity index (χ0) is 17.5. The van der Waals surface area contributed by atoms with Crippen LogP contribution in [-0.2, 0) is 11.3 Å². The van der Waals surface area contributed by atoms with Crippen LogP contribution in [-0.4, -0.2) is 33.2 Å². The lowest BCUT2D eigenvalue weighted by Gasteiger charge is -2.10. The van der Waals surface area contributed by atoms with Crippen molar-refractivity contribution in [2.24, 2.45) is 0 Å². The predicted octanol–water partition coefficient (Wildman–Crippen LogP) is 1.30. The Balaban J connectivity index is 1.50. The highest BCUT2D eigenvalue weighted by Crippen LogP contribution is 2.15. The minimum Gasteiger partial charge on any atom is -0.467 e. The molecule has 0 saturated heterocycles. The Kier molecular flexibility index (Phi) is 5.05. The molecule has 0 unspecified atom stereocenters. The van der Waals surface area contributed by atoms with Crippen LogP contribution in [0.3, 0.4) is 0 Å². The summed E-state index contributed by atoms with van der Waals surface area (Å²) < 4.78 is 6.64. The molecule has 0 fully saturated rings. The van der Waals surface area contributed by atoms with Crippen molar-refractivity contribution in [3.63, 3.8) is 0 Å². The third-order valence-corrected chi connectivity index (χ3v) is 3.19. The second-order valence-corrected chi connectivity index (χ2v) is 4.99. The molecule has 0 spiro atoms. The Bertz CT molecular complexity index is 829. The van der Waals surface area contributed by atoms with E-state index in [1.165, 1.54) is 6.26 Å². The lowest BCUT2D eigenvalue weighted by atomic mass is 10.3. The highest BCUT2D eigenvalue weighted by molar-refractivity contribution is 5.95. The van der Waals surface area contributed by atoms with Crippen molar-refractivity contribution < 1.29 is 14.0 Å². The molecule has 0 atom stereocenters. The number of nitrogens with one attached hydrogen (secondary N) is 3. The molecule has 9 heteroatoms. The van der Waals surface area contributed by atoms with Gasteiger partial charge in [0, 0.05) is 18.6 Å². The van der Waals surface area contributed by atoms with Gasteiger partial charge in [-0.3, -0.25) is 4.79 Å². The number of carbonyl (C=O) groups is 2. The molecular formula is C16H16N6O3. The van der Waals surface area contributed by atoms with Crippen molar-refractivity contribution in [1.29, 1.82) is 0 Å². The molecule has 3 amide bonds. The van der Waals surface area contributed by atoms with Gasteiger partial charge in [0.05, 0.1) is 25.0 Å². The molecule has 3 rings (SSSR count). The molecule has 128 valence electrons. The van der Waals surface area contributed by atoms with Gasteiger partial charge in [-0.15, -0.1) is 0 Å². The zero-order valence-electron chi connectivity index (χ0n) is 13.2. The minimum atomic E-state index is -0.468. The van der Waals surface area contributed by atoms with Crippen LogP contribution in [0.15, 0.2) is 59.6 Å². The maximum Gasteiger partial charge on any atom is 0.315 e. The molecule has 0 bridgehead atoms. The van der Waals surface area contributed by atoms with Crippen molar-refractivity contribution in [3.05, 3.63) is 60.9 Å². The summed E-state index contributed by atoms with van der Waals surface area (Å²) in [5.74, 6) is 0.733. The lowest BCUT2D eigenvalue weighted by molar-refractivity contribution is -0.115. The number of aromatic nitrogens is 3. The summed E-state index contributed by atoms with van der Waals surface area (Å²) in [7, 11) is 0. The molecule has 3 N–H and O–H groups in total. The van der Waals surface area contributed by atoms with Gasteiger partial charge in [-0.1, -0.05) is 0 Å². The number of furan rings is 1. The van der Waals surface area contributed by atoms with E-state index in [2.05, 4.69) is 26.0 Å². The summed E-state index contributed by atoms with van der Waals surface area (Å²) in [6.45, 7) is 0.0595. The molecule has 0 aliphatic carbocycles. The molecule has 0 aromatic carbocycles. The van der Waals surface area contributed by atoms with E-state index in [1.807, 2.05) is 0 Å². The van der Waals surface area contributed by atoms with E-state index >= 15 is 0 Å². The fourth-order valence-corrected chi connectivity index (χ4v) is 2.07. The first-order valence-electron chi connectivity index (χ1n) is 7.51. The van der Waals surface area contributed by atoms with E-state index in [1.54, 1.807) is 53.6 Å². The van der Waals surface area contributed by atoms with Gasteiger partial charge in [0.1, 0.15) is 5.76 Å². The molecule has 0 saturated carbocycles. The number of hydrogen-bond acceptors (Lipinski definition) is 5. The number of nitrogens with zero attached hydrogens (tertiary/aromatic N) is 3. The number of urea groups is 1. The van der Waals surface area contributed by atoms with Crippen LogP contribution in [0.1, 0.15) is 5.76 Å². The van der Waals surface area contributed by atoms with E-state index in [4.69, 9.17) is 4.42 Å². The van der Waals surface area contributed by atoms with E-state index < -0.39 is 6.03 Å². The molecule has 3 heterocycles. The van der Waals surface area contributed by atoms with Gasteiger partial charge in [-0.2, -0.15) is 5.10 Å². The second-order valence-electron chi connectivity index (χ2n) is 4.99. The van der Waals surface area contributed by atoms with Crippen LogP contribution in [0.5, 0.6) is 0 Å². The second kappa shape index (κ2) is 7.77. The standard InChI is InChI=1S/C16H16N6O3/c23-14(11-19-16(24)18-10-12-4-2-9-25-12)21-13-5-1-6-17-15(13)22-8-3-7-20-22/h1-9H,10-11H2,(H,21,23)(H2,18,19,24). The molecular weight excluding hydrogens is 324 g/mol. The first kappa shape index (κ1) is 16.2. The monoisotopic (exact) mass is 340 g/mol. The van der Waals surface area contributed by atoms with Gasteiger partial charge in [0.25, 0.3) is 0 Å². The Hall–Kier alpha value is -3.62. The Morgan fingerprint density at radius 3 is 2.80 bits per heavy atom. The van der Waals surface area contributed by atoms with Crippen molar-refractivity contribution in [2.45, 2.75) is 6.54 Å². The predicted molar refractivity (Wildman–Crippen MR) is 88.9 cm³/mol. The molecule has 0 radical (unpaired) electrons. The molecule has 25 heavy (non-hydrogen) atoms. The maximum atomic E-state index is 12.0. The highest BCUT2D eigenvalue weighted by atomic mass is 16.3. The summed E-state index contributed by atoms with van der Waals surface area (Å²) >= 11 is 0. The largest absolute Gasteiger partial charge is 0.467 e. The lowest BCUT2D eigenvalue weighted by Crippen LogP contribution is -2.39. The van der Waals surface area contributed by atoms with E-state index in [9.17, 15) is 9.59 Å². The maximum absolute atomic E-state index is 12.0. The van der Waals surface area contributed by atoms with Crippen LogP contribution < -0.4 is 16.0 Å². The zero-order valence-corrected chi connectivity index (χ0v) is 13.2. The van der Waals surface area contributed by atoms with Crippen molar-refractivity contribution in [2.75, 3.05) is 11.9 Å². The average molecular weight is 340 g/mol. The van der Waals surface area contributed by atoms with Crippen LogP contribution >= 0.6 is 0 Å². The summed E-state index contributed by atoms with van der Waals surface area (Å²) in [4.78, 5) is 27.9. The molecule has 9 nitrogen and oxygen atoms in total. The first-order valence-corrected chi connectivity index (χ1v) is 7.51. The minimum absolute atomic E-state index is 0.183. The van der Waals surface area contributed by atoms with Crippen molar-refractivity contribution >= 4 is 17.6 Å². The summed E-state index contributed by atoms with van der Waals surface area (Å²) in [6, 6.07) is 8.17. The summed E-state index contributed by atoms with van der Waals surface area (Å²) in [5.41, 5.74) is 0.494. The van der Waals surface area contributed by atoms with Crippen molar-refractivity contribution in [1.82, 2.24) is 25.4 Å². The number of amides is 3. The number of rotatable bonds is 6. The SMILES string of the molecule is O=C(CNC(=O)NCc1ccco1)Nc1cccnc1-n1cccn1. The number of hydrogen-bond donors (Lipinski definition) is 3. The number of anilines is 1. The molecule has 0 aliphatic heterocycles. The fraction of sp³-hybridized carbons (Fsp3) is 0.125. The first-order chi connectivity index (χ1) is 12.2. The molecule has 0 aliphatic rings. The fourth-order valence-electron chi connectivity index (χ4n) is 2.07. The number of carbonyl (C=O) groups excluding carboxylic acids is 2. The normalized spacial score (nSPS) is 10.2. The smallest absolute Gasteiger partial charge is 0.315 e. The Morgan fingerprint density at radius 2 is 2.04 bits per heavy atom. The molecule has 3 aromatic rings. The van der Waals surface area contributed by atoms with Gasteiger partial charge in [-0.05, 0) is 30.3 Å². The van der Waals surface area contributed by atoms with Crippen LogP contribution in [0.4, 0.5) is 10.5 Å². The quantitative estimate of drug-likeness (QED) is 0.626. The van der Waals surface area contributed by atoms with E-state index in [0.29, 0.717) is 17.3 Å². The van der Waals surface area contributed by atoms with Gasteiger partial charge in [-0.25, -0.2) is 14.5 Å². The third-order valence-electron chi connectivity index (χ3n) is 3.19. The van der Waals surface area contributed by atoms with Gasteiger partial charge in [0.2, 0.25) is 5.91 Å². The van der Waals surface area contributed by atoms with E-state index in [0.717, 1.165) is 0 Å². The average Bonchev–Trinajstić information content (AvgIpc) is 3.32. The van der Waals surface area contributed by atoms with Crippen LogP contribution in [0.25, 0.3) is 5.82 Å². The summed E-state index contributed by atoms with van der Waals surface area (Å²) in [6.07, 6.45) is 6.46. The molecule has 3 aromatic heterocycles. The van der Waals surface area contributed by atoms with Crippen LogP contribution in [0.2, 0.25) is 0 Å². The van der Waals surface area contributed by atoms with Gasteiger partial charge >= 0.3 is 6.03 Å². The van der Waals surface area contributed by atoms with E-state index in [-0.39, 0.29) is 19.0 Å².